The third-order valence-corrected chi connectivity index (χ3v) is 9.77. The van der Waals surface area contributed by atoms with Crippen molar-refractivity contribution in [3.63, 3.8) is 0 Å². The van der Waals surface area contributed by atoms with Crippen molar-refractivity contribution in [2.45, 2.75) is 89.8 Å². The SMILES string of the molecule is CCn1nc(Cc2ccc(F)c(F)c2)cc1C1CCN(C[C@H]2C[C@H](OC(=O)CN(C)C(C)(C)C)C[C@@H]2c2cccc(F)c2)CC1. The molecule has 1 aliphatic carbocycles. The zero-order valence-electron chi connectivity index (χ0n) is 27.2. The number of piperidine rings is 1. The number of likely N-dealkylation sites (N-methyl/N-ethyl adjacent to an activating group) is 1. The molecular formula is C36H47F3N4O2. The molecule has 0 bridgehead atoms. The molecule has 0 unspecified atom stereocenters. The number of rotatable bonds is 10. The van der Waals surface area contributed by atoms with Crippen LogP contribution in [0.1, 0.15) is 87.7 Å². The highest BCUT2D eigenvalue weighted by atomic mass is 19.2. The van der Waals surface area contributed by atoms with E-state index in [1.807, 2.05) is 22.7 Å². The number of hydrogen-bond acceptors (Lipinski definition) is 5. The highest BCUT2D eigenvalue weighted by Gasteiger charge is 2.39. The molecule has 2 aliphatic rings. The van der Waals surface area contributed by atoms with E-state index in [9.17, 15) is 18.0 Å². The molecule has 0 spiro atoms. The molecule has 1 saturated heterocycles. The highest BCUT2D eigenvalue weighted by Crippen LogP contribution is 2.42. The minimum atomic E-state index is -0.842. The second-order valence-electron chi connectivity index (χ2n) is 13.9. The first-order chi connectivity index (χ1) is 21.4. The van der Waals surface area contributed by atoms with E-state index in [0.717, 1.165) is 56.7 Å². The van der Waals surface area contributed by atoms with Gasteiger partial charge in [0.2, 0.25) is 0 Å². The first kappa shape index (κ1) is 33.2. The molecule has 2 aromatic carbocycles. The van der Waals surface area contributed by atoms with E-state index in [0.29, 0.717) is 24.3 Å². The molecular weight excluding hydrogens is 577 g/mol. The van der Waals surface area contributed by atoms with Gasteiger partial charge in [-0.05, 0) is 127 Å². The number of hydrogen-bond donors (Lipinski definition) is 0. The number of halogens is 3. The number of carbonyl (C=O) groups excluding carboxylic acids is 1. The first-order valence-corrected chi connectivity index (χ1v) is 16.3. The Kier molecular flexibility index (Phi) is 10.4. The molecule has 1 aliphatic heterocycles. The van der Waals surface area contributed by atoms with Gasteiger partial charge in [-0.15, -0.1) is 0 Å². The molecule has 1 saturated carbocycles. The van der Waals surface area contributed by atoms with Gasteiger partial charge < -0.3 is 9.64 Å². The van der Waals surface area contributed by atoms with Gasteiger partial charge in [0.1, 0.15) is 11.9 Å². The Balaban J connectivity index is 1.21. The largest absolute Gasteiger partial charge is 0.461 e. The highest BCUT2D eigenvalue weighted by molar-refractivity contribution is 5.72. The lowest BCUT2D eigenvalue weighted by atomic mass is 9.87. The predicted molar refractivity (Wildman–Crippen MR) is 170 cm³/mol. The van der Waals surface area contributed by atoms with Gasteiger partial charge in [-0.3, -0.25) is 14.4 Å². The van der Waals surface area contributed by atoms with Crippen LogP contribution >= 0.6 is 0 Å². The van der Waals surface area contributed by atoms with Crippen LogP contribution in [0.2, 0.25) is 0 Å². The maximum Gasteiger partial charge on any atom is 0.320 e. The maximum atomic E-state index is 14.3. The maximum absolute atomic E-state index is 14.3. The van der Waals surface area contributed by atoms with Gasteiger partial charge in [0.05, 0.1) is 12.2 Å². The summed E-state index contributed by atoms with van der Waals surface area (Å²) in [5, 5.41) is 4.78. The molecule has 2 heterocycles. The molecule has 9 heteroatoms. The Labute approximate surface area is 265 Å². The van der Waals surface area contributed by atoms with Gasteiger partial charge >= 0.3 is 5.97 Å². The van der Waals surface area contributed by atoms with Crippen LogP contribution in [0.3, 0.4) is 0 Å². The molecule has 3 atom stereocenters. The number of likely N-dealkylation sites (tertiary alicyclic amines) is 1. The van der Waals surface area contributed by atoms with E-state index in [-0.39, 0.29) is 41.8 Å². The Morgan fingerprint density at radius 2 is 1.78 bits per heavy atom. The van der Waals surface area contributed by atoms with Gasteiger partial charge in [-0.2, -0.15) is 5.10 Å². The standard InChI is InChI=1S/C36H47F3N4O2/c1-6-43-34(20-29(40-43)16-24-10-11-32(38)33(39)17-24)25-12-14-42(15-13-25)22-27-19-30(45-35(44)23-41(5)36(2,3)4)21-31(27)26-8-7-9-28(37)18-26/h7-11,17-18,20,25,27,30-31H,6,12-16,19,21-23H2,1-5H3/t27-,30+,31-/m1/s1. The van der Waals surface area contributed by atoms with E-state index >= 15 is 0 Å². The molecule has 1 aromatic heterocycles. The fourth-order valence-electron chi connectivity index (χ4n) is 6.93. The lowest BCUT2D eigenvalue weighted by molar-refractivity contribution is -0.151. The summed E-state index contributed by atoms with van der Waals surface area (Å²) >= 11 is 0. The summed E-state index contributed by atoms with van der Waals surface area (Å²) in [5.41, 5.74) is 3.59. The van der Waals surface area contributed by atoms with Crippen molar-refractivity contribution in [1.29, 1.82) is 0 Å². The van der Waals surface area contributed by atoms with Crippen LogP contribution in [0.25, 0.3) is 0 Å². The third-order valence-electron chi connectivity index (χ3n) is 9.77. The van der Waals surface area contributed by atoms with E-state index < -0.39 is 11.6 Å². The van der Waals surface area contributed by atoms with Crippen molar-refractivity contribution in [1.82, 2.24) is 19.6 Å². The van der Waals surface area contributed by atoms with E-state index in [1.165, 1.54) is 23.9 Å². The number of aromatic nitrogens is 2. The fourth-order valence-corrected chi connectivity index (χ4v) is 6.93. The minimum absolute atomic E-state index is 0.122. The molecule has 3 aromatic rings. The lowest BCUT2D eigenvalue weighted by Crippen LogP contribution is -2.42. The third kappa shape index (κ3) is 8.36. The molecule has 6 nitrogen and oxygen atoms in total. The zero-order chi connectivity index (χ0) is 32.3. The summed E-state index contributed by atoms with van der Waals surface area (Å²) in [5.74, 6) is -1.39. The van der Waals surface area contributed by atoms with Crippen LogP contribution in [0.4, 0.5) is 13.2 Å². The van der Waals surface area contributed by atoms with Crippen molar-refractivity contribution in [2.24, 2.45) is 5.92 Å². The van der Waals surface area contributed by atoms with E-state index in [1.54, 1.807) is 18.2 Å². The molecule has 0 amide bonds. The second-order valence-corrected chi connectivity index (χ2v) is 13.9. The quantitative estimate of drug-likeness (QED) is 0.229. The van der Waals surface area contributed by atoms with Crippen molar-refractivity contribution in [3.8, 4) is 0 Å². The van der Waals surface area contributed by atoms with Gasteiger partial charge in [-0.25, -0.2) is 13.2 Å². The number of esters is 1. The molecule has 0 N–H and O–H groups in total. The minimum Gasteiger partial charge on any atom is -0.461 e. The van der Waals surface area contributed by atoms with Gasteiger partial charge in [0.15, 0.2) is 11.6 Å². The number of benzene rings is 2. The normalized spacial score (nSPS) is 21.5. The van der Waals surface area contributed by atoms with Crippen LogP contribution in [0.5, 0.6) is 0 Å². The predicted octanol–water partition coefficient (Wildman–Crippen LogP) is 6.93. The fraction of sp³-hybridized carbons (Fsp3) is 0.556. The van der Waals surface area contributed by atoms with Crippen molar-refractivity contribution in [2.75, 3.05) is 33.2 Å². The topological polar surface area (TPSA) is 50.6 Å². The summed E-state index contributed by atoms with van der Waals surface area (Å²) in [6, 6.07) is 13.0. The van der Waals surface area contributed by atoms with Gasteiger partial charge in [-0.1, -0.05) is 18.2 Å². The molecule has 5 rings (SSSR count). The van der Waals surface area contributed by atoms with Crippen LogP contribution in [0, 0.1) is 23.4 Å². The molecule has 244 valence electrons. The number of aryl methyl sites for hydroxylation is 1. The van der Waals surface area contributed by atoms with Crippen LogP contribution in [-0.4, -0.2) is 70.4 Å². The van der Waals surface area contributed by atoms with Crippen LogP contribution in [-0.2, 0) is 22.5 Å². The average molecular weight is 625 g/mol. The van der Waals surface area contributed by atoms with Crippen LogP contribution < -0.4 is 0 Å². The van der Waals surface area contributed by atoms with Crippen molar-refractivity contribution >= 4 is 5.97 Å². The molecule has 45 heavy (non-hydrogen) atoms. The first-order valence-electron chi connectivity index (χ1n) is 16.3. The Bertz CT molecular complexity index is 1460. The van der Waals surface area contributed by atoms with Gasteiger partial charge in [0.25, 0.3) is 0 Å². The Hall–Kier alpha value is -3.17. The smallest absolute Gasteiger partial charge is 0.320 e. The summed E-state index contributed by atoms with van der Waals surface area (Å²) in [7, 11) is 1.93. The molecule has 0 radical (unpaired) electrons. The monoisotopic (exact) mass is 624 g/mol. The number of nitrogens with zero attached hydrogens (tertiary/aromatic N) is 4. The van der Waals surface area contributed by atoms with Crippen LogP contribution in [0.15, 0.2) is 48.5 Å². The van der Waals surface area contributed by atoms with E-state index in [2.05, 4.69) is 38.7 Å². The van der Waals surface area contributed by atoms with E-state index in [4.69, 9.17) is 9.84 Å². The lowest BCUT2D eigenvalue weighted by Gasteiger charge is -2.35. The number of carbonyl (C=O) groups is 1. The molecule has 2 fully saturated rings. The summed E-state index contributed by atoms with van der Waals surface area (Å²) in [4.78, 5) is 17.3. The Morgan fingerprint density at radius 3 is 2.44 bits per heavy atom. The summed E-state index contributed by atoms with van der Waals surface area (Å²) < 4.78 is 49.4. The zero-order valence-corrected chi connectivity index (χ0v) is 27.2. The van der Waals surface area contributed by atoms with Gasteiger partial charge in [0, 0.05) is 36.7 Å². The van der Waals surface area contributed by atoms with Crippen molar-refractivity contribution in [3.05, 3.63) is 88.5 Å². The second kappa shape index (κ2) is 14.1. The number of ether oxygens (including phenoxy) is 1. The van der Waals surface area contributed by atoms with Crippen molar-refractivity contribution < 1.29 is 22.7 Å². The average Bonchev–Trinajstić information content (AvgIpc) is 3.58. The summed E-state index contributed by atoms with van der Waals surface area (Å²) in [6.45, 7) is 12.0. The summed E-state index contributed by atoms with van der Waals surface area (Å²) in [6.07, 6.45) is 3.72. The Morgan fingerprint density at radius 1 is 1.02 bits per heavy atom.